The molecule has 3 N–H and O–H groups in total. The largest absolute Gasteiger partial charge is 0.394 e. The minimum Gasteiger partial charge on any atom is -0.394 e. The van der Waals surface area contributed by atoms with Crippen molar-refractivity contribution in [2.75, 3.05) is 11.9 Å². The fourth-order valence-corrected chi connectivity index (χ4v) is 2.57. The second-order valence-electron chi connectivity index (χ2n) is 5.90. The van der Waals surface area contributed by atoms with Gasteiger partial charge in [-0.3, -0.25) is 9.59 Å². The molecule has 0 aliphatic heterocycles. The minimum atomic E-state index is -0.633. The van der Waals surface area contributed by atoms with Gasteiger partial charge in [0.25, 0.3) is 5.91 Å². The van der Waals surface area contributed by atoms with Crippen molar-refractivity contribution in [1.82, 2.24) is 5.32 Å². The molecule has 5 nitrogen and oxygen atoms in total. The van der Waals surface area contributed by atoms with Gasteiger partial charge in [-0.25, -0.2) is 0 Å². The third-order valence-electron chi connectivity index (χ3n) is 3.19. The van der Waals surface area contributed by atoms with E-state index in [-0.39, 0.29) is 24.8 Å². The lowest BCUT2D eigenvalue weighted by molar-refractivity contribution is -0.122. The molecule has 2 amide bonds. The zero-order valence-electron chi connectivity index (χ0n) is 13.1. The summed E-state index contributed by atoms with van der Waals surface area (Å²) in [7, 11) is 0. The Kier molecular flexibility index (Phi) is 5.52. The van der Waals surface area contributed by atoms with Gasteiger partial charge in [0.15, 0.2) is 0 Å². The number of carbonyl (C=O) groups excluding carboxylic acids is 2. The van der Waals surface area contributed by atoms with Gasteiger partial charge in [-0.2, -0.15) is 0 Å². The standard InChI is InChI=1S/C17H20N2O3S/c1-17(2,11-20)19-15(21)10-12-5-7-13(8-6-12)18-16(22)14-4-3-9-23-14/h3-9,20H,10-11H2,1-2H3,(H,18,22)(H,19,21). The molecule has 0 unspecified atom stereocenters. The monoisotopic (exact) mass is 332 g/mol. The summed E-state index contributed by atoms with van der Waals surface area (Å²) < 4.78 is 0. The Morgan fingerprint density at radius 2 is 1.87 bits per heavy atom. The number of aliphatic hydroxyl groups excluding tert-OH is 1. The third kappa shape index (κ3) is 5.19. The van der Waals surface area contributed by atoms with E-state index in [2.05, 4.69) is 10.6 Å². The van der Waals surface area contributed by atoms with Crippen LogP contribution in [0.3, 0.4) is 0 Å². The van der Waals surface area contributed by atoms with Gasteiger partial charge in [-0.1, -0.05) is 18.2 Å². The van der Waals surface area contributed by atoms with E-state index in [0.717, 1.165) is 5.56 Å². The highest BCUT2D eigenvalue weighted by Crippen LogP contribution is 2.14. The third-order valence-corrected chi connectivity index (χ3v) is 4.06. The van der Waals surface area contributed by atoms with Crippen LogP contribution in [0.15, 0.2) is 41.8 Å². The number of carbonyl (C=O) groups is 2. The van der Waals surface area contributed by atoms with Crippen molar-refractivity contribution in [3.63, 3.8) is 0 Å². The number of benzene rings is 1. The second-order valence-corrected chi connectivity index (χ2v) is 6.84. The molecular weight excluding hydrogens is 312 g/mol. The summed E-state index contributed by atoms with van der Waals surface area (Å²) >= 11 is 1.38. The van der Waals surface area contributed by atoms with Crippen LogP contribution in [-0.2, 0) is 11.2 Å². The van der Waals surface area contributed by atoms with E-state index in [1.807, 2.05) is 11.4 Å². The van der Waals surface area contributed by atoms with E-state index in [9.17, 15) is 9.59 Å². The van der Waals surface area contributed by atoms with Crippen LogP contribution in [0, 0.1) is 0 Å². The first kappa shape index (κ1) is 17.2. The molecule has 0 saturated heterocycles. The quantitative estimate of drug-likeness (QED) is 0.760. The summed E-state index contributed by atoms with van der Waals surface area (Å²) in [5.41, 5.74) is 0.889. The lowest BCUT2D eigenvalue weighted by Crippen LogP contribution is -2.46. The molecule has 2 rings (SSSR count). The Labute approximate surface area is 139 Å². The number of hydrogen-bond donors (Lipinski definition) is 3. The van der Waals surface area contributed by atoms with Gasteiger partial charge in [-0.15, -0.1) is 11.3 Å². The maximum atomic E-state index is 11.9. The van der Waals surface area contributed by atoms with Crippen molar-refractivity contribution >= 4 is 28.8 Å². The van der Waals surface area contributed by atoms with Crippen LogP contribution in [-0.4, -0.2) is 29.1 Å². The van der Waals surface area contributed by atoms with Crippen molar-refractivity contribution in [2.45, 2.75) is 25.8 Å². The molecule has 1 aromatic carbocycles. The fourth-order valence-electron chi connectivity index (χ4n) is 1.95. The van der Waals surface area contributed by atoms with Crippen LogP contribution in [0.5, 0.6) is 0 Å². The van der Waals surface area contributed by atoms with Crippen LogP contribution in [0.1, 0.15) is 29.1 Å². The average Bonchev–Trinajstić information content (AvgIpc) is 3.03. The molecular formula is C17H20N2O3S. The van der Waals surface area contributed by atoms with Gasteiger partial charge in [-0.05, 0) is 43.0 Å². The molecule has 122 valence electrons. The number of anilines is 1. The summed E-state index contributed by atoms with van der Waals surface area (Å²) in [6.45, 7) is 3.40. The average molecular weight is 332 g/mol. The van der Waals surface area contributed by atoms with Crippen molar-refractivity contribution in [3.8, 4) is 0 Å². The molecule has 2 aromatic rings. The van der Waals surface area contributed by atoms with E-state index in [4.69, 9.17) is 5.11 Å². The van der Waals surface area contributed by atoms with Crippen molar-refractivity contribution in [3.05, 3.63) is 52.2 Å². The molecule has 0 bridgehead atoms. The number of thiophene rings is 1. The van der Waals surface area contributed by atoms with E-state index in [1.165, 1.54) is 11.3 Å². The molecule has 0 spiro atoms. The number of aliphatic hydroxyl groups is 1. The predicted molar refractivity (Wildman–Crippen MR) is 91.7 cm³/mol. The lowest BCUT2D eigenvalue weighted by Gasteiger charge is -2.23. The first-order valence-electron chi connectivity index (χ1n) is 7.25. The number of nitrogens with one attached hydrogen (secondary N) is 2. The molecule has 0 saturated carbocycles. The van der Waals surface area contributed by atoms with E-state index < -0.39 is 5.54 Å². The molecule has 23 heavy (non-hydrogen) atoms. The number of amides is 2. The van der Waals surface area contributed by atoms with Crippen LogP contribution < -0.4 is 10.6 Å². The Morgan fingerprint density at radius 1 is 1.17 bits per heavy atom. The zero-order valence-corrected chi connectivity index (χ0v) is 13.9. The molecule has 0 aliphatic rings. The molecule has 0 fully saturated rings. The topological polar surface area (TPSA) is 78.4 Å². The van der Waals surface area contributed by atoms with Crippen LogP contribution in [0.25, 0.3) is 0 Å². The van der Waals surface area contributed by atoms with Gasteiger partial charge in [0.2, 0.25) is 5.91 Å². The predicted octanol–water partition coefficient (Wildman–Crippen LogP) is 2.43. The van der Waals surface area contributed by atoms with Gasteiger partial charge in [0.05, 0.1) is 23.4 Å². The number of rotatable bonds is 6. The zero-order chi connectivity index (χ0) is 16.9. The highest BCUT2D eigenvalue weighted by molar-refractivity contribution is 7.12. The van der Waals surface area contributed by atoms with Gasteiger partial charge >= 0.3 is 0 Å². The van der Waals surface area contributed by atoms with Crippen molar-refractivity contribution in [1.29, 1.82) is 0 Å². The minimum absolute atomic E-state index is 0.119. The normalized spacial score (nSPS) is 11.1. The fraction of sp³-hybridized carbons (Fsp3) is 0.294. The van der Waals surface area contributed by atoms with E-state index >= 15 is 0 Å². The first-order valence-corrected chi connectivity index (χ1v) is 8.13. The lowest BCUT2D eigenvalue weighted by atomic mass is 10.1. The van der Waals surface area contributed by atoms with Crippen LogP contribution >= 0.6 is 11.3 Å². The highest BCUT2D eigenvalue weighted by atomic mass is 32.1. The van der Waals surface area contributed by atoms with Crippen LogP contribution in [0.4, 0.5) is 5.69 Å². The molecule has 6 heteroatoms. The van der Waals surface area contributed by atoms with E-state index in [0.29, 0.717) is 10.6 Å². The Balaban J connectivity index is 1.92. The highest BCUT2D eigenvalue weighted by Gasteiger charge is 2.19. The second kappa shape index (κ2) is 7.39. The summed E-state index contributed by atoms with van der Waals surface area (Å²) in [5.74, 6) is -0.297. The molecule has 0 atom stereocenters. The number of hydrogen-bond acceptors (Lipinski definition) is 4. The Hall–Kier alpha value is -2.18. The molecule has 0 aliphatic carbocycles. The van der Waals surface area contributed by atoms with Crippen molar-refractivity contribution in [2.24, 2.45) is 0 Å². The summed E-state index contributed by atoms with van der Waals surface area (Å²) in [6.07, 6.45) is 0.225. The molecule has 0 radical (unpaired) electrons. The van der Waals surface area contributed by atoms with Gasteiger partial charge < -0.3 is 15.7 Å². The SMILES string of the molecule is CC(C)(CO)NC(=O)Cc1ccc(NC(=O)c2cccs2)cc1. The van der Waals surface area contributed by atoms with Crippen molar-refractivity contribution < 1.29 is 14.7 Å². The molecule has 1 aromatic heterocycles. The van der Waals surface area contributed by atoms with Gasteiger partial charge in [0, 0.05) is 5.69 Å². The van der Waals surface area contributed by atoms with E-state index in [1.54, 1.807) is 44.2 Å². The summed E-state index contributed by atoms with van der Waals surface area (Å²) in [4.78, 5) is 24.5. The Bertz CT molecular complexity index is 664. The Morgan fingerprint density at radius 3 is 2.43 bits per heavy atom. The van der Waals surface area contributed by atoms with Gasteiger partial charge in [0.1, 0.15) is 0 Å². The molecule has 1 heterocycles. The summed E-state index contributed by atoms with van der Waals surface area (Å²) in [6, 6.07) is 10.7. The maximum Gasteiger partial charge on any atom is 0.265 e. The first-order chi connectivity index (χ1) is 10.9. The summed E-state index contributed by atoms with van der Waals surface area (Å²) in [5, 5.41) is 16.6. The van der Waals surface area contributed by atoms with Crippen LogP contribution in [0.2, 0.25) is 0 Å². The smallest absolute Gasteiger partial charge is 0.265 e. The maximum absolute atomic E-state index is 11.9.